The molecule has 0 atom stereocenters. The summed E-state index contributed by atoms with van der Waals surface area (Å²) in [5.74, 6) is -0.543. The van der Waals surface area contributed by atoms with Crippen LogP contribution in [0.5, 0.6) is 0 Å². The summed E-state index contributed by atoms with van der Waals surface area (Å²) in [7, 11) is 0. The lowest BCUT2D eigenvalue weighted by Gasteiger charge is -2.34. The molecule has 3 aromatic rings. The Morgan fingerprint density at radius 1 is 1.02 bits per heavy atom. The number of hydrogen-bond donors (Lipinski definition) is 0. The van der Waals surface area contributed by atoms with Gasteiger partial charge in [-0.1, -0.05) is 36.4 Å². The van der Waals surface area contributed by atoms with E-state index in [9.17, 15) is 18.0 Å². The van der Waals surface area contributed by atoms with Crippen molar-refractivity contribution in [1.29, 1.82) is 0 Å². The van der Waals surface area contributed by atoms with Gasteiger partial charge in [-0.15, -0.1) is 0 Å². The molecule has 0 spiro atoms. The molecule has 0 unspecified atom stereocenters. The number of nitrogens with zero attached hydrogens (tertiary/aromatic N) is 4. The van der Waals surface area contributed by atoms with Gasteiger partial charge in [-0.25, -0.2) is 4.39 Å². The zero-order chi connectivity index (χ0) is 28.1. The first-order valence-corrected chi connectivity index (χ1v) is 13.8. The molecule has 0 N–H and O–H groups in total. The third kappa shape index (κ3) is 5.31. The van der Waals surface area contributed by atoms with Crippen molar-refractivity contribution < 1.29 is 22.4 Å². The molecule has 1 saturated heterocycles. The lowest BCUT2D eigenvalue weighted by molar-refractivity contribution is -0.160. The lowest BCUT2D eigenvalue weighted by atomic mass is 9.94. The first-order chi connectivity index (χ1) is 19.1. The predicted octanol–water partition coefficient (Wildman–Crippen LogP) is 6.22. The number of carbonyl (C=O) groups excluding carboxylic acids is 1. The van der Waals surface area contributed by atoms with Gasteiger partial charge in [0.2, 0.25) is 0 Å². The highest BCUT2D eigenvalue weighted by molar-refractivity contribution is 5.94. The fourth-order valence-corrected chi connectivity index (χ4v) is 5.65. The Kier molecular flexibility index (Phi) is 6.81. The molecular formula is C31H32F4N4O. The zero-order valence-corrected chi connectivity index (χ0v) is 22.4. The van der Waals surface area contributed by atoms with Gasteiger partial charge >= 0.3 is 6.18 Å². The molecule has 0 bridgehead atoms. The molecule has 2 aliphatic carbocycles. The number of halogens is 4. The number of carbonyl (C=O) groups is 1. The molecule has 210 valence electrons. The maximum atomic E-state index is 15.1. The molecule has 6 rings (SSSR count). The largest absolute Gasteiger partial charge is 0.398 e. The van der Waals surface area contributed by atoms with Crippen molar-refractivity contribution in [3.63, 3.8) is 0 Å². The fourth-order valence-electron chi connectivity index (χ4n) is 5.65. The van der Waals surface area contributed by atoms with E-state index >= 15 is 4.39 Å². The molecule has 0 radical (unpaired) electrons. The number of alkyl halides is 3. The molecule has 3 aliphatic rings. The summed E-state index contributed by atoms with van der Waals surface area (Å²) >= 11 is 0. The molecule has 9 heteroatoms. The van der Waals surface area contributed by atoms with Crippen LogP contribution in [0, 0.1) is 6.92 Å². The Morgan fingerprint density at radius 3 is 2.35 bits per heavy atom. The molecular weight excluding hydrogens is 520 g/mol. The first kappa shape index (κ1) is 26.7. The monoisotopic (exact) mass is 552 g/mol. The highest BCUT2D eigenvalue weighted by Crippen LogP contribution is 2.58. The number of rotatable bonds is 7. The first-order valence-electron chi connectivity index (χ1n) is 13.8. The van der Waals surface area contributed by atoms with Gasteiger partial charge in [0.25, 0.3) is 5.91 Å². The Hall–Kier alpha value is -3.46. The molecule has 1 aromatic heterocycles. The van der Waals surface area contributed by atoms with Gasteiger partial charge in [0, 0.05) is 43.5 Å². The number of hydrogen-bond acceptors (Lipinski definition) is 3. The normalized spacial score (nSPS) is 19.6. The van der Waals surface area contributed by atoms with Crippen LogP contribution in [0.2, 0.25) is 0 Å². The molecule has 2 saturated carbocycles. The minimum Gasteiger partial charge on any atom is -0.336 e. The Balaban J connectivity index is 1.12. The lowest BCUT2D eigenvalue weighted by Crippen LogP contribution is -2.49. The molecule has 3 fully saturated rings. The SMILES string of the molecule is Cc1cc(C(F)=Cc2ccc(C3(C(F)(F)F)CC3)cc2)nn1Cc1cccc(C(=O)N2CCN(C3CC3)CC2)c1. The van der Waals surface area contributed by atoms with Gasteiger partial charge < -0.3 is 4.90 Å². The quantitative estimate of drug-likeness (QED) is 0.327. The van der Waals surface area contributed by atoms with Crippen LogP contribution in [0.15, 0.2) is 54.6 Å². The fraction of sp³-hybridized carbons (Fsp3) is 0.419. The molecule has 2 heterocycles. The average Bonchev–Trinajstić information content (AvgIpc) is 3.87. The third-order valence-corrected chi connectivity index (χ3v) is 8.45. The van der Waals surface area contributed by atoms with Gasteiger partial charge in [0.1, 0.15) is 5.69 Å². The van der Waals surface area contributed by atoms with Gasteiger partial charge in [-0.2, -0.15) is 18.3 Å². The van der Waals surface area contributed by atoms with Crippen LogP contribution in [-0.2, 0) is 12.0 Å². The van der Waals surface area contributed by atoms with Crippen LogP contribution in [-0.4, -0.2) is 63.9 Å². The number of piperazine rings is 1. The van der Waals surface area contributed by atoms with E-state index in [4.69, 9.17) is 0 Å². The second kappa shape index (κ2) is 10.2. The summed E-state index contributed by atoms with van der Waals surface area (Å²) in [6.07, 6.45) is -0.286. The molecule has 1 aliphatic heterocycles. The second-order valence-corrected chi connectivity index (χ2v) is 11.3. The Labute approximate surface area is 231 Å². The smallest absolute Gasteiger partial charge is 0.336 e. The van der Waals surface area contributed by atoms with Crippen molar-refractivity contribution in [1.82, 2.24) is 19.6 Å². The second-order valence-electron chi connectivity index (χ2n) is 11.3. The standard InChI is InChI=1S/C31H32F4N4O/c1-21-17-28(27(32)19-22-5-7-25(8-6-22)30(11-12-30)31(33,34)35)36-39(21)20-23-3-2-4-24(18-23)29(40)38-15-13-37(14-16-38)26-9-10-26/h2-8,17-19,26H,9-16,20H2,1H3. The number of aromatic nitrogens is 2. The van der Waals surface area contributed by atoms with E-state index in [0.717, 1.165) is 37.4 Å². The van der Waals surface area contributed by atoms with Crippen LogP contribution >= 0.6 is 0 Å². The van der Waals surface area contributed by atoms with Crippen LogP contribution < -0.4 is 0 Å². The van der Waals surface area contributed by atoms with Crippen molar-refractivity contribution >= 4 is 17.8 Å². The summed E-state index contributed by atoms with van der Waals surface area (Å²) in [4.78, 5) is 17.5. The molecule has 1 amide bonds. The number of amides is 1. The number of aryl methyl sites for hydroxylation is 1. The Bertz CT molecular complexity index is 1430. The minimum absolute atomic E-state index is 0.0259. The van der Waals surface area contributed by atoms with E-state index in [1.54, 1.807) is 10.7 Å². The predicted molar refractivity (Wildman–Crippen MR) is 145 cm³/mol. The molecule has 5 nitrogen and oxygen atoms in total. The maximum Gasteiger partial charge on any atom is 0.398 e. The zero-order valence-electron chi connectivity index (χ0n) is 22.4. The molecule has 40 heavy (non-hydrogen) atoms. The average molecular weight is 553 g/mol. The van der Waals surface area contributed by atoms with Crippen LogP contribution in [0.1, 0.15) is 64.1 Å². The van der Waals surface area contributed by atoms with Crippen molar-refractivity contribution in [2.24, 2.45) is 0 Å². The highest BCUT2D eigenvalue weighted by Gasteiger charge is 2.64. The summed E-state index contributed by atoms with van der Waals surface area (Å²) in [6, 6.07) is 15.7. The summed E-state index contributed by atoms with van der Waals surface area (Å²) in [6.45, 7) is 5.52. The highest BCUT2D eigenvalue weighted by atomic mass is 19.4. The minimum atomic E-state index is -4.28. The van der Waals surface area contributed by atoms with Crippen LogP contribution in [0.3, 0.4) is 0 Å². The van der Waals surface area contributed by atoms with Crippen molar-refractivity contribution in [3.05, 3.63) is 88.2 Å². The van der Waals surface area contributed by atoms with Gasteiger partial charge in [-0.05, 0) is 73.6 Å². The van der Waals surface area contributed by atoms with Gasteiger partial charge in [0.05, 0.1) is 12.0 Å². The van der Waals surface area contributed by atoms with Crippen LogP contribution in [0.4, 0.5) is 17.6 Å². The topological polar surface area (TPSA) is 41.4 Å². The van der Waals surface area contributed by atoms with E-state index in [0.29, 0.717) is 23.7 Å². The van der Waals surface area contributed by atoms with Crippen LogP contribution in [0.25, 0.3) is 11.9 Å². The van der Waals surface area contributed by atoms with E-state index in [2.05, 4.69) is 10.00 Å². The number of benzene rings is 2. The van der Waals surface area contributed by atoms with Crippen molar-refractivity contribution in [2.75, 3.05) is 26.2 Å². The summed E-state index contributed by atoms with van der Waals surface area (Å²) in [5, 5.41) is 4.42. The van der Waals surface area contributed by atoms with Gasteiger partial charge in [0.15, 0.2) is 5.83 Å². The molecule has 2 aromatic carbocycles. The van der Waals surface area contributed by atoms with Gasteiger partial charge in [-0.3, -0.25) is 14.4 Å². The third-order valence-electron chi connectivity index (χ3n) is 8.45. The summed E-state index contributed by atoms with van der Waals surface area (Å²) in [5.41, 5.74) is 1.36. The van der Waals surface area contributed by atoms with E-state index in [1.165, 1.54) is 43.2 Å². The van der Waals surface area contributed by atoms with E-state index in [-0.39, 0.29) is 30.0 Å². The van der Waals surface area contributed by atoms with E-state index in [1.807, 2.05) is 36.1 Å². The maximum absolute atomic E-state index is 15.1. The Morgan fingerprint density at radius 2 is 1.73 bits per heavy atom. The van der Waals surface area contributed by atoms with E-state index < -0.39 is 17.4 Å². The van der Waals surface area contributed by atoms with Crippen molar-refractivity contribution in [3.8, 4) is 0 Å². The summed E-state index contributed by atoms with van der Waals surface area (Å²) < 4.78 is 57.0. The van der Waals surface area contributed by atoms with Crippen molar-refractivity contribution in [2.45, 2.75) is 56.8 Å².